The summed E-state index contributed by atoms with van der Waals surface area (Å²) >= 11 is 12.4. The Labute approximate surface area is 195 Å². The fraction of sp³-hybridized carbons (Fsp3) is 0.538. The summed E-state index contributed by atoms with van der Waals surface area (Å²) in [4.78, 5) is 0. The lowest BCUT2D eigenvalue weighted by molar-refractivity contribution is -0.0206. The zero-order chi connectivity index (χ0) is 21.4. The van der Waals surface area contributed by atoms with Crippen molar-refractivity contribution >= 4 is 23.2 Å². The molecule has 4 fully saturated rings. The summed E-state index contributed by atoms with van der Waals surface area (Å²) in [6.07, 6.45) is 8.37. The highest BCUT2D eigenvalue weighted by molar-refractivity contribution is 6.35. The molecular weight excluding hydrogens is 429 g/mol. The van der Waals surface area contributed by atoms with Gasteiger partial charge >= 0.3 is 0 Å². The number of ether oxygens (including phenoxy) is 2. The van der Waals surface area contributed by atoms with Crippen molar-refractivity contribution in [2.24, 2.45) is 17.8 Å². The zero-order valence-electron chi connectivity index (χ0n) is 18.1. The predicted molar refractivity (Wildman–Crippen MR) is 126 cm³/mol. The van der Waals surface area contributed by atoms with Crippen molar-refractivity contribution in [3.63, 3.8) is 0 Å². The lowest BCUT2D eigenvalue weighted by atomic mass is 9.53. The second-order valence-corrected chi connectivity index (χ2v) is 10.6. The van der Waals surface area contributed by atoms with E-state index in [0.29, 0.717) is 28.8 Å². The van der Waals surface area contributed by atoms with Crippen molar-refractivity contribution in [2.75, 3.05) is 6.61 Å². The maximum atomic E-state index is 6.37. The Morgan fingerprint density at radius 1 is 0.935 bits per heavy atom. The molecule has 1 N–H and O–H groups in total. The van der Waals surface area contributed by atoms with Crippen molar-refractivity contribution < 1.29 is 9.47 Å². The van der Waals surface area contributed by atoms with E-state index in [1.807, 2.05) is 25.1 Å². The third-order valence-electron chi connectivity index (χ3n) is 7.44. The molecular formula is C26H31Cl2NO2. The van der Waals surface area contributed by atoms with Crippen molar-refractivity contribution in [3.05, 3.63) is 57.6 Å². The third-order valence-corrected chi connectivity index (χ3v) is 8.03. The smallest absolute Gasteiger partial charge is 0.166 e. The van der Waals surface area contributed by atoms with Gasteiger partial charge in [0.1, 0.15) is 6.61 Å². The fourth-order valence-corrected chi connectivity index (χ4v) is 7.00. The average Bonchev–Trinajstić information content (AvgIpc) is 2.72. The topological polar surface area (TPSA) is 30.5 Å². The van der Waals surface area contributed by atoms with Crippen LogP contribution in [0, 0.1) is 17.8 Å². The molecule has 6 rings (SSSR count). The first-order valence-electron chi connectivity index (χ1n) is 11.6. The minimum Gasteiger partial charge on any atom is -0.490 e. The quantitative estimate of drug-likeness (QED) is 0.459. The summed E-state index contributed by atoms with van der Waals surface area (Å²) in [5, 5.41) is 5.24. The Morgan fingerprint density at radius 3 is 2.29 bits per heavy atom. The van der Waals surface area contributed by atoms with Gasteiger partial charge in [0.2, 0.25) is 0 Å². The number of hydrogen-bond acceptors (Lipinski definition) is 3. The minimum atomic E-state index is 0.313. The Morgan fingerprint density at radius 2 is 1.65 bits per heavy atom. The molecule has 2 aromatic rings. The first kappa shape index (κ1) is 21.4. The lowest BCUT2D eigenvalue weighted by Gasteiger charge is -2.57. The van der Waals surface area contributed by atoms with Crippen molar-refractivity contribution in [2.45, 2.75) is 64.1 Å². The Hall–Kier alpha value is -1.42. The van der Waals surface area contributed by atoms with Gasteiger partial charge in [0.05, 0.1) is 6.61 Å². The van der Waals surface area contributed by atoms with Gasteiger partial charge in [0, 0.05) is 33.3 Å². The maximum absolute atomic E-state index is 6.37. The minimum absolute atomic E-state index is 0.313. The molecule has 4 aliphatic rings. The van der Waals surface area contributed by atoms with E-state index >= 15 is 0 Å². The van der Waals surface area contributed by atoms with E-state index in [1.165, 1.54) is 38.5 Å². The van der Waals surface area contributed by atoms with Gasteiger partial charge < -0.3 is 14.8 Å². The molecule has 0 spiro atoms. The molecule has 31 heavy (non-hydrogen) atoms. The van der Waals surface area contributed by atoms with Gasteiger partial charge in [-0.05, 0) is 81.4 Å². The summed E-state index contributed by atoms with van der Waals surface area (Å²) in [7, 11) is 0. The van der Waals surface area contributed by atoms with Crippen molar-refractivity contribution in [1.82, 2.24) is 5.32 Å². The van der Waals surface area contributed by atoms with Gasteiger partial charge in [-0.15, -0.1) is 0 Å². The molecule has 2 aromatic carbocycles. The van der Waals surface area contributed by atoms with Crippen LogP contribution in [0.25, 0.3) is 0 Å². The number of rotatable bonds is 8. The molecule has 3 nitrogen and oxygen atoms in total. The SMILES string of the molecule is CCOc1cccc(CNC23CC4CC(CC(C4)C2)C3)c1OCc1ccc(Cl)cc1Cl. The summed E-state index contributed by atoms with van der Waals surface area (Å²) < 4.78 is 12.2. The van der Waals surface area contributed by atoms with Gasteiger partial charge in [-0.1, -0.05) is 41.4 Å². The van der Waals surface area contributed by atoms with Crippen LogP contribution < -0.4 is 14.8 Å². The highest BCUT2D eigenvalue weighted by Gasteiger charge is 2.50. The third kappa shape index (κ3) is 4.55. The molecule has 4 bridgehead atoms. The van der Waals surface area contributed by atoms with Crippen LogP contribution >= 0.6 is 23.2 Å². The standard InChI is InChI=1S/C26H31Cl2NO2/c1-2-30-24-5-3-4-20(25(24)31-16-21-6-7-22(27)11-23(21)28)15-29-26-12-17-8-18(13-26)10-19(9-17)14-26/h3-7,11,17-19,29H,2,8-10,12-16H2,1H3. The van der Waals surface area contributed by atoms with Crippen LogP contribution in [0.3, 0.4) is 0 Å². The molecule has 166 valence electrons. The maximum Gasteiger partial charge on any atom is 0.166 e. The van der Waals surface area contributed by atoms with Crippen LogP contribution in [0.1, 0.15) is 56.6 Å². The lowest BCUT2D eigenvalue weighted by Crippen LogP contribution is -2.58. The second kappa shape index (κ2) is 8.84. The van der Waals surface area contributed by atoms with Crippen LogP contribution in [0.5, 0.6) is 11.5 Å². The molecule has 4 saturated carbocycles. The number of para-hydroxylation sites is 1. The van der Waals surface area contributed by atoms with Crippen LogP contribution in [0.15, 0.2) is 36.4 Å². The molecule has 0 amide bonds. The molecule has 0 unspecified atom stereocenters. The van der Waals surface area contributed by atoms with Crippen LogP contribution in [0.4, 0.5) is 0 Å². The average molecular weight is 460 g/mol. The van der Waals surface area contributed by atoms with Gasteiger partial charge in [0.25, 0.3) is 0 Å². The summed E-state index contributed by atoms with van der Waals surface area (Å²) in [5.74, 6) is 4.38. The van der Waals surface area contributed by atoms with Crippen LogP contribution in [-0.4, -0.2) is 12.1 Å². The number of benzene rings is 2. The molecule has 0 aliphatic heterocycles. The van der Waals surface area contributed by atoms with Gasteiger partial charge in [-0.2, -0.15) is 0 Å². The van der Waals surface area contributed by atoms with E-state index in [1.54, 1.807) is 6.07 Å². The molecule has 0 saturated heterocycles. The van der Waals surface area contributed by atoms with Crippen molar-refractivity contribution in [1.29, 1.82) is 0 Å². The highest BCUT2D eigenvalue weighted by Crippen LogP contribution is 2.55. The van der Waals surface area contributed by atoms with E-state index in [4.69, 9.17) is 32.7 Å². The number of hydrogen-bond donors (Lipinski definition) is 1. The van der Waals surface area contributed by atoms with E-state index in [0.717, 1.165) is 46.9 Å². The highest BCUT2D eigenvalue weighted by atomic mass is 35.5. The summed E-state index contributed by atoms with van der Waals surface area (Å²) in [6.45, 7) is 3.78. The van der Waals surface area contributed by atoms with Gasteiger partial charge in [-0.25, -0.2) is 0 Å². The first-order valence-corrected chi connectivity index (χ1v) is 12.4. The molecule has 0 atom stereocenters. The molecule has 0 radical (unpaired) electrons. The molecule has 0 aromatic heterocycles. The normalized spacial score (nSPS) is 28.7. The second-order valence-electron chi connectivity index (χ2n) is 9.75. The van der Waals surface area contributed by atoms with E-state index < -0.39 is 0 Å². The monoisotopic (exact) mass is 459 g/mol. The van der Waals surface area contributed by atoms with Crippen LogP contribution in [0.2, 0.25) is 10.0 Å². The van der Waals surface area contributed by atoms with Crippen molar-refractivity contribution in [3.8, 4) is 11.5 Å². The Balaban J connectivity index is 1.34. The van der Waals surface area contributed by atoms with Crippen LogP contribution in [-0.2, 0) is 13.2 Å². The Bertz CT molecular complexity index is 910. The van der Waals surface area contributed by atoms with E-state index in [9.17, 15) is 0 Å². The predicted octanol–water partition coefficient (Wildman–Crippen LogP) is 7.03. The first-order chi connectivity index (χ1) is 15.0. The fourth-order valence-electron chi connectivity index (χ4n) is 6.53. The van der Waals surface area contributed by atoms with E-state index in [2.05, 4.69) is 17.4 Å². The largest absolute Gasteiger partial charge is 0.490 e. The number of nitrogens with one attached hydrogen (secondary N) is 1. The van der Waals surface area contributed by atoms with Gasteiger partial charge in [0.15, 0.2) is 11.5 Å². The molecule has 5 heteroatoms. The molecule has 0 heterocycles. The Kier molecular flexibility index (Phi) is 6.11. The van der Waals surface area contributed by atoms with Gasteiger partial charge in [-0.3, -0.25) is 0 Å². The zero-order valence-corrected chi connectivity index (χ0v) is 19.6. The number of halogens is 2. The van der Waals surface area contributed by atoms with E-state index in [-0.39, 0.29) is 0 Å². The molecule has 4 aliphatic carbocycles. The summed E-state index contributed by atoms with van der Waals surface area (Å²) in [6, 6.07) is 11.7. The summed E-state index contributed by atoms with van der Waals surface area (Å²) in [5.41, 5.74) is 2.37.